The number of allylic oxidation sites excluding steroid dienone is 1. The summed E-state index contributed by atoms with van der Waals surface area (Å²) in [5.74, 6) is 0.193. The van der Waals surface area contributed by atoms with Crippen molar-refractivity contribution in [3.05, 3.63) is 35.7 Å². The Morgan fingerprint density at radius 3 is 2.50 bits per heavy atom. The highest BCUT2D eigenvalue weighted by Crippen LogP contribution is 2.28. The minimum Gasteiger partial charge on any atom is -0.295 e. The summed E-state index contributed by atoms with van der Waals surface area (Å²) in [4.78, 5) is 16.1. The predicted octanol–water partition coefficient (Wildman–Crippen LogP) is 3.49. The average molecular weight is 217 g/mol. The van der Waals surface area contributed by atoms with Gasteiger partial charge in [-0.15, -0.1) is 0 Å². The Labute approximate surface area is 97.4 Å². The zero-order valence-electron chi connectivity index (χ0n) is 10.4. The van der Waals surface area contributed by atoms with Crippen molar-refractivity contribution >= 4 is 11.9 Å². The van der Waals surface area contributed by atoms with E-state index in [4.69, 9.17) is 0 Å². The number of carbonyl (C=O) groups is 1. The number of hydrogen-bond donors (Lipinski definition) is 0. The van der Waals surface area contributed by atoms with Crippen LogP contribution < -0.4 is 0 Å². The van der Waals surface area contributed by atoms with Crippen LogP contribution in [0.25, 0.3) is 6.08 Å². The number of carbonyl (C=O) groups excluding carboxylic acids is 1. The van der Waals surface area contributed by atoms with Crippen molar-refractivity contribution < 1.29 is 4.79 Å². The summed E-state index contributed by atoms with van der Waals surface area (Å²) in [5, 5.41) is 0. The summed E-state index contributed by atoms with van der Waals surface area (Å²) < 4.78 is 0. The number of aromatic nitrogens is 1. The normalized spacial score (nSPS) is 12.6. The molecule has 0 bridgehead atoms. The lowest BCUT2D eigenvalue weighted by molar-refractivity contribution is -0.116. The molecule has 1 heterocycles. The molecule has 0 spiro atoms. The molecule has 2 nitrogen and oxygen atoms in total. The van der Waals surface area contributed by atoms with Crippen LogP contribution in [0.2, 0.25) is 0 Å². The first-order valence-electron chi connectivity index (χ1n) is 5.61. The topological polar surface area (TPSA) is 30.0 Å². The minimum atomic E-state index is -0.134. The third-order valence-electron chi connectivity index (χ3n) is 2.41. The fourth-order valence-electron chi connectivity index (χ4n) is 1.51. The van der Waals surface area contributed by atoms with E-state index in [0.717, 1.165) is 11.3 Å². The molecular formula is C14H19NO. The Hall–Kier alpha value is -1.44. The van der Waals surface area contributed by atoms with E-state index in [9.17, 15) is 4.79 Å². The van der Waals surface area contributed by atoms with Crippen molar-refractivity contribution in [3.8, 4) is 0 Å². The van der Waals surface area contributed by atoms with E-state index in [1.165, 1.54) is 0 Å². The fourth-order valence-corrected chi connectivity index (χ4v) is 1.51. The third kappa shape index (κ3) is 3.30. The van der Waals surface area contributed by atoms with Crippen LogP contribution in [0.3, 0.4) is 0 Å². The maximum Gasteiger partial charge on any atom is 0.159 e. The van der Waals surface area contributed by atoms with E-state index in [2.05, 4.69) is 25.8 Å². The number of Topliss-reactive ketones (excluding diaryl/α,β-unsaturated/α-hetero) is 1. The van der Waals surface area contributed by atoms with Crippen molar-refractivity contribution in [1.29, 1.82) is 0 Å². The molecule has 0 atom stereocenters. The van der Waals surface area contributed by atoms with Crippen LogP contribution in [0.5, 0.6) is 0 Å². The second-order valence-corrected chi connectivity index (χ2v) is 4.84. The monoisotopic (exact) mass is 217 g/mol. The van der Waals surface area contributed by atoms with Crippen molar-refractivity contribution in [2.24, 2.45) is 5.41 Å². The number of ketones is 1. The SMILES string of the molecule is CCC(=O)/C(=C/c1ccccn1)C(C)(C)C. The standard InChI is InChI=1S/C14H19NO/c1-5-13(16)12(14(2,3)4)10-11-8-6-7-9-15-11/h6-10H,5H2,1-4H3/b12-10-. The van der Waals surface area contributed by atoms with Gasteiger partial charge in [-0.2, -0.15) is 0 Å². The van der Waals surface area contributed by atoms with Crippen LogP contribution >= 0.6 is 0 Å². The molecule has 0 aliphatic heterocycles. The van der Waals surface area contributed by atoms with Crippen LogP contribution in [-0.2, 0) is 4.79 Å². The molecule has 0 amide bonds. The predicted molar refractivity (Wildman–Crippen MR) is 67.0 cm³/mol. The van der Waals surface area contributed by atoms with Crippen molar-refractivity contribution in [1.82, 2.24) is 4.98 Å². The van der Waals surface area contributed by atoms with Gasteiger partial charge in [-0.25, -0.2) is 0 Å². The highest BCUT2D eigenvalue weighted by Gasteiger charge is 2.22. The molecule has 1 aromatic heterocycles. The van der Waals surface area contributed by atoms with E-state index >= 15 is 0 Å². The highest BCUT2D eigenvalue weighted by atomic mass is 16.1. The summed E-state index contributed by atoms with van der Waals surface area (Å²) in [6, 6.07) is 5.71. The molecule has 1 rings (SSSR count). The van der Waals surface area contributed by atoms with Crippen LogP contribution in [0.15, 0.2) is 30.0 Å². The van der Waals surface area contributed by atoms with E-state index < -0.39 is 0 Å². The largest absolute Gasteiger partial charge is 0.295 e. The van der Waals surface area contributed by atoms with Gasteiger partial charge in [0, 0.05) is 18.2 Å². The maximum atomic E-state index is 11.9. The molecule has 0 unspecified atom stereocenters. The fraction of sp³-hybridized carbons (Fsp3) is 0.429. The molecule has 86 valence electrons. The quantitative estimate of drug-likeness (QED) is 0.725. The van der Waals surface area contributed by atoms with Gasteiger partial charge in [0.1, 0.15) is 0 Å². The molecule has 0 fully saturated rings. The molecule has 0 N–H and O–H groups in total. The first kappa shape index (κ1) is 12.6. The number of nitrogens with zero attached hydrogens (tertiary/aromatic N) is 1. The van der Waals surface area contributed by atoms with Crippen LogP contribution in [0, 0.1) is 5.41 Å². The van der Waals surface area contributed by atoms with Gasteiger partial charge in [0.25, 0.3) is 0 Å². The Balaban J connectivity index is 3.12. The summed E-state index contributed by atoms with van der Waals surface area (Å²) in [6.07, 6.45) is 4.17. The van der Waals surface area contributed by atoms with Crippen molar-refractivity contribution in [2.45, 2.75) is 34.1 Å². The van der Waals surface area contributed by atoms with E-state index in [1.54, 1.807) is 6.20 Å². The van der Waals surface area contributed by atoms with E-state index in [1.807, 2.05) is 31.2 Å². The Morgan fingerprint density at radius 2 is 2.06 bits per heavy atom. The zero-order chi connectivity index (χ0) is 12.2. The third-order valence-corrected chi connectivity index (χ3v) is 2.41. The van der Waals surface area contributed by atoms with Gasteiger partial charge >= 0.3 is 0 Å². The van der Waals surface area contributed by atoms with Crippen LogP contribution in [-0.4, -0.2) is 10.8 Å². The first-order chi connectivity index (χ1) is 7.45. The van der Waals surface area contributed by atoms with Crippen LogP contribution in [0.4, 0.5) is 0 Å². The summed E-state index contributed by atoms with van der Waals surface area (Å²) in [5.41, 5.74) is 1.55. The lowest BCUT2D eigenvalue weighted by atomic mass is 9.82. The van der Waals surface area contributed by atoms with Crippen molar-refractivity contribution in [3.63, 3.8) is 0 Å². The zero-order valence-corrected chi connectivity index (χ0v) is 10.4. The molecule has 0 radical (unpaired) electrons. The van der Waals surface area contributed by atoms with Gasteiger partial charge in [0.05, 0.1) is 5.69 Å². The number of rotatable bonds is 3. The van der Waals surface area contributed by atoms with E-state index in [0.29, 0.717) is 6.42 Å². The molecule has 0 aromatic carbocycles. The second-order valence-electron chi connectivity index (χ2n) is 4.84. The summed E-state index contributed by atoms with van der Waals surface area (Å²) in [6.45, 7) is 8.04. The molecule has 2 heteroatoms. The van der Waals surface area contributed by atoms with Crippen LogP contribution in [0.1, 0.15) is 39.8 Å². The van der Waals surface area contributed by atoms with Gasteiger partial charge in [-0.05, 0) is 23.6 Å². The van der Waals surface area contributed by atoms with Gasteiger partial charge in [-0.1, -0.05) is 33.8 Å². The average Bonchev–Trinajstić information content (AvgIpc) is 2.25. The van der Waals surface area contributed by atoms with Gasteiger partial charge in [-0.3, -0.25) is 9.78 Å². The smallest absolute Gasteiger partial charge is 0.159 e. The van der Waals surface area contributed by atoms with Gasteiger partial charge < -0.3 is 0 Å². The Kier molecular flexibility index (Phi) is 3.99. The van der Waals surface area contributed by atoms with Crippen molar-refractivity contribution in [2.75, 3.05) is 0 Å². The lowest BCUT2D eigenvalue weighted by Gasteiger charge is -2.21. The highest BCUT2D eigenvalue weighted by molar-refractivity contribution is 6.00. The second kappa shape index (κ2) is 5.06. The molecule has 1 aromatic rings. The lowest BCUT2D eigenvalue weighted by Crippen LogP contribution is -2.17. The molecule has 0 aliphatic rings. The Morgan fingerprint density at radius 1 is 1.38 bits per heavy atom. The molecule has 0 saturated heterocycles. The number of pyridine rings is 1. The van der Waals surface area contributed by atoms with Gasteiger partial charge in [0.15, 0.2) is 5.78 Å². The number of hydrogen-bond acceptors (Lipinski definition) is 2. The van der Waals surface area contributed by atoms with E-state index in [-0.39, 0.29) is 11.2 Å². The molecular weight excluding hydrogens is 198 g/mol. The van der Waals surface area contributed by atoms with Gasteiger partial charge in [0.2, 0.25) is 0 Å². The first-order valence-corrected chi connectivity index (χ1v) is 5.61. The Bertz CT molecular complexity index is 385. The minimum absolute atomic E-state index is 0.134. The molecule has 0 aliphatic carbocycles. The molecule has 16 heavy (non-hydrogen) atoms. The summed E-state index contributed by atoms with van der Waals surface area (Å²) >= 11 is 0. The maximum absolute atomic E-state index is 11.9. The summed E-state index contributed by atoms with van der Waals surface area (Å²) in [7, 11) is 0. The molecule has 0 saturated carbocycles.